The van der Waals surface area contributed by atoms with Crippen molar-refractivity contribution in [1.82, 2.24) is 5.32 Å². The van der Waals surface area contributed by atoms with E-state index in [2.05, 4.69) is 20.0 Å². The van der Waals surface area contributed by atoms with Gasteiger partial charge >= 0.3 is 17.9 Å². The highest BCUT2D eigenvalue weighted by Crippen LogP contribution is 2.04. The van der Waals surface area contributed by atoms with Crippen LogP contribution in [-0.4, -0.2) is 67.0 Å². The fraction of sp³-hybridized carbons (Fsp3) is 0.524. The number of carbonyl (C=O) groups is 4. The number of nitrogens with two attached hydrogens (primary N) is 5. The topological polar surface area (TPSA) is 265 Å². The lowest BCUT2D eigenvalue weighted by atomic mass is 10.2. The first kappa shape index (κ1) is 35.6. The first-order valence-electron chi connectivity index (χ1n) is 10.3. The summed E-state index contributed by atoms with van der Waals surface area (Å²) in [6, 6.07) is 0. The van der Waals surface area contributed by atoms with Crippen LogP contribution in [0.25, 0.3) is 0 Å². The van der Waals surface area contributed by atoms with Crippen molar-refractivity contribution in [2.24, 2.45) is 38.7 Å². The molecule has 0 radical (unpaired) electrons. The molecular formula is C21H40N8O6. The number of rotatable bonds is 11. The van der Waals surface area contributed by atoms with Crippen LogP contribution < -0.4 is 34.0 Å². The van der Waals surface area contributed by atoms with Crippen LogP contribution >= 0.6 is 0 Å². The summed E-state index contributed by atoms with van der Waals surface area (Å²) in [4.78, 5) is 49.6. The Bertz CT molecular complexity index is 798. The Balaban J connectivity index is -0.000000478. The van der Waals surface area contributed by atoms with Gasteiger partial charge in [-0.2, -0.15) is 0 Å². The summed E-state index contributed by atoms with van der Waals surface area (Å²) >= 11 is 0. The number of cyclic esters (lactones) is 2. The Morgan fingerprint density at radius 3 is 1.89 bits per heavy atom. The van der Waals surface area contributed by atoms with E-state index in [9.17, 15) is 19.2 Å². The zero-order chi connectivity index (χ0) is 26.5. The highest BCUT2D eigenvalue weighted by Gasteiger charge is 2.18. The number of amides is 1. The number of aliphatic carboxylic acids is 1. The molecule has 0 atom stereocenters. The highest BCUT2D eigenvalue weighted by atomic mass is 16.6. The molecule has 0 saturated carbocycles. The molecule has 0 aromatic rings. The first-order valence-corrected chi connectivity index (χ1v) is 10.3. The molecule has 14 nitrogen and oxygen atoms in total. The maximum atomic E-state index is 11.2. The first-order chi connectivity index (χ1) is 15.9. The molecule has 200 valence electrons. The minimum absolute atomic E-state index is 0. The second kappa shape index (κ2) is 21.9. The Kier molecular flexibility index (Phi) is 22.3. The van der Waals surface area contributed by atoms with Crippen LogP contribution in [0.1, 0.15) is 47.0 Å². The maximum Gasteiger partial charge on any atom is 0.341 e. The molecule has 1 amide bonds. The van der Waals surface area contributed by atoms with Crippen molar-refractivity contribution in [2.45, 2.75) is 47.0 Å². The number of ether oxygens (including phenoxy) is 1. The maximum absolute atomic E-state index is 11.2. The van der Waals surface area contributed by atoms with Gasteiger partial charge in [-0.25, -0.2) is 14.4 Å². The number of guanidine groups is 2. The van der Waals surface area contributed by atoms with Gasteiger partial charge in [0.15, 0.2) is 11.9 Å². The molecule has 1 aliphatic rings. The Labute approximate surface area is 205 Å². The van der Waals surface area contributed by atoms with Crippen molar-refractivity contribution in [3.63, 3.8) is 0 Å². The van der Waals surface area contributed by atoms with Gasteiger partial charge in [0, 0.05) is 42.9 Å². The van der Waals surface area contributed by atoms with E-state index in [1.165, 1.54) is 19.9 Å². The van der Waals surface area contributed by atoms with E-state index in [0.717, 1.165) is 31.8 Å². The predicted octanol–water partition coefficient (Wildman–Crippen LogP) is -1.16. The number of esters is 2. The molecular weight excluding hydrogens is 460 g/mol. The Morgan fingerprint density at radius 2 is 1.54 bits per heavy atom. The number of carboxylic acids is 1. The quantitative estimate of drug-likeness (QED) is 0.0444. The molecule has 1 aliphatic heterocycles. The van der Waals surface area contributed by atoms with Gasteiger partial charge in [-0.05, 0) is 46.1 Å². The van der Waals surface area contributed by atoms with E-state index in [1.807, 2.05) is 0 Å². The van der Waals surface area contributed by atoms with Crippen molar-refractivity contribution in [1.29, 1.82) is 0 Å². The molecule has 0 saturated heterocycles. The molecule has 0 unspecified atom stereocenters. The van der Waals surface area contributed by atoms with Crippen LogP contribution in [0, 0.1) is 0 Å². The standard InChI is InChI=1S/C10H18N4O3.C5H14N4.C5H4O3.CH4/c1-7(9(16)17)6-8(15)13-4-2-3-5-14-10(11)12;6-3-1-2-4-9-5(7)8;1-3-2-4(6)8-5(3)7;/h6H,2-5H2,1H3,(H,13,15)(H,16,17)(H4,11,12,14);1-4,6H2,(H4,7,8,9);2H,1H3;1H4/b7-6-;;;. The SMILES string of the molecule is C.C/C(=C/C(=O)NCCCCN=C(N)N)C(=O)O.CC1=CC(=O)OC1=O.NCCCCN=C(N)N. The molecule has 0 aromatic heterocycles. The monoisotopic (exact) mass is 500 g/mol. The van der Waals surface area contributed by atoms with Crippen LogP contribution in [0.3, 0.4) is 0 Å². The summed E-state index contributed by atoms with van der Waals surface area (Å²) in [6.07, 6.45) is 5.65. The number of hydrogen-bond donors (Lipinski definition) is 7. The van der Waals surface area contributed by atoms with Gasteiger partial charge < -0.3 is 43.8 Å². The van der Waals surface area contributed by atoms with Gasteiger partial charge in [0.1, 0.15) is 0 Å². The zero-order valence-corrected chi connectivity index (χ0v) is 19.6. The largest absolute Gasteiger partial charge is 0.478 e. The van der Waals surface area contributed by atoms with Crippen LogP contribution in [0.2, 0.25) is 0 Å². The van der Waals surface area contributed by atoms with Crippen LogP contribution in [0.4, 0.5) is 0 Å². The number of unbranched alkanes of at least 4 members (excludes halogenated alkanes) is 2. The lowest BCUT2D eigenvalue weighted by Crippen LogP contribution is -2.24. The third-order valence-electron chi connectivity index (χ3n) is 3.62. The highest BCUT2D eigenvalue weighted by molar-refractivity contribution is 6.08. The molecule has 1 rings (SSSR count). The van der Waals surface area contributed by atoms with Gasteiger partial charge in [-0.15, -0.1) is 0 Å². The van der Waals surface area contributed by atoms with E-state index in [-0.39, 0.29) is 24.9 Å². The van der Waals surface area contributed by atoms with Gasteiger partial charge in [0.05, 0.1) is 0 Å². The molecule has 0 aliphatic carbocycles. The Morgan fingerprint density at radius 1 is 1.03 bits per heavy atom. The Hall–Kier alpha value is -3.94. The summed E-state index contributed by atoms with van der Waals surface area (Å²) in [5, 5.41) is 11.1. The van der Waals surface area contributed by atoms with Gasteiger partial charge in [0.25, 0.3) is 0 Å². The minimum Gasteiger partial charge on any atom is -0.478 e. The van der Waals surface area contributed by atoms with Gasteiger partial charge in [-0.3, -0.25) is 14.8 Å². The van der Waals surface area contributed by atoms with Crippen LogP contribution in [0.5, 0.6) is 0 Å². The molecule has 1 heterocycles. The molecule has 0 aromatic carbocycles. The van der Waals surface area contributed by atoms with Crippen molar-refractivity contribution in [2.75, 3.05) is 26.2 Å². The number of hydrogen-bond acceptors (Lipinski definition) is 8. The lowest BCUT2D eigenvalue weighted by Gasteiger charge is -2.01. The number of nitrogens with one attached hydrogen (secondary N) is 1. The van der Waals surface area contributed by atoms with Crippen LogP contribution in [-0.2, 0) is 23.9 Å². The fourth-order valence-electron chi connectivity index (χ4n) is 1.87. The summed E-state index contributed by atoms with van der Waals surface area (Å²) in [6.45, 7) is 5.28. The summed E-state index contributed by atoms with van der Waals surface area (Å²) in [5.41, 5.74) is 26.0. The number of carbonyl (C=O) groups excluding carboxylic acids is 3. The average molecular weight is 501 g/mol. The zero-order valence-electron chi connectivity index (χ0n) is 19.6. The van der Waals surface area contributed by atoms with Gasteiger partial charge in [0.2, 0.25) is 5.91 Å². The van der Waals surface area contributed by atoms with E-state index in [1.54, 1.807) is 0 Å². The average Bonchev–Trinajstić information content (AvgIpc) is 3.03. The van der Waals surface area contributed by atoms with Crippen molar-refractivity contribution in [3.8, 4) is 0 Å². The number of nitrogens with zero attached hydrogens (tertiary/aromatic N) is 2. The van der Waals surface area contributed by atoms with E-state index < -0.39 is 23.8 Å². The lowest BCUT2D eigenvalue weighted by molar-refractivity contribution is -0.150. The number of carboxylic acid groups (broad SMARTS) is 1. The van der Waals surface area contributed by atoms with Gasteiger partial charge in [-0.1, -0.05) is 7.43 Å². The predicted molar refractivity (Wildman–Crippen MR) is 135 cm³/mol. The second-order valence-corrected chi connectivity index (χ2v) is 6.78. The van der Waals surface area contributed by atoms with Crippen molar-refractivity contribution < 1.29 is 29.0 Å². The normalized spacial score (nSPS) is 11.7. The van der Waals surface area contributed by atoms with E-state index in [0.29, 0.717) is 31.8 Å². The molecule has 0 bridgehead atoms. The fourth-order valence-corrected chi connectivity index (χ4v) is 1.87. The molecule has 0 spiro atoms. The smallest absolute Gasteiger partial charge is 0.341 e. The van der Waals surface area contributed by atoms with E-state index >= 15 is 0 Å². The van der Waals surface area contributed by atoms with E-state index in [4.69, 9.17) is 33.8 Å². The third kappa shape index (κ3) is 24.5. The summed E-state index contributed by atoms with van der Waals surface area (Å²) in [7, 11) is 0. The van der Waals surface area contributed by atoms with Crippen molar-refractivity contribution >= 4 is 35.7 Å². The molecule has 35 heavy (non-hydrogen) atoms. The minimum atomic E-state index is -1.10. The second-order valence-electron chi connectivity index (χ2n) is 6.78. The molecule has 14 heteroatoms. The molecule has 0 fully saturated rings. The van der Waals surface area contributed by atoms with Crippen LogP contribution in [0.15, 0.2) is 33.3 Å². The summed E-state index contributed by atoms with van der Waals surface area (Å²) in [5.74, 6) is -2.40. The number of aliphatic imine (C=N–C) groups is 2. The third-order valence-corrected chi connectivity index (χ3v) is 3.62. The summed E-state index contributed by atoms with van der Waals surface area (Å²) < 4.78 is 4.10. The van der Waals surface area contributed by atoms with Crippen molar-refractivity contribution in [3.05, 3.63) is 23.3 Å². The molecule has 12 N–H and O–H groups in total.